The van der Waals surface area contributed by atoms with Crippen molar-refractivity contribution in [1.29, 1.82) is 0 Å². The van der Waals surface area contributed by atoms with Crippen LogP contribution >= 0.6 is 15.8 Å². The average molecular weight is 681 g/mol. The fraction of sp³-hybridized carbons (Fsp3) is 0.0588. The van der Waals surface area contributed by atoms with Crippen LogP contribution in [-0.4, -0.2) is 31.1 Å². The average Bonchev–Trinajstić information content (AvgIpc) is 3.39. The molecule has 1 saturated heterocycles. The van der Waals surface area contributed by atoms with Gasteiger partial charge in [0.2, 0.25) is 20.0 Å². The first-order valence-corrected chi connectivity index (χ1v) is 17.8. The zero-order chi connectivity index (χ0) is 30.5. The van der Waals surface area contributed by atoms with Crippen molar-refractivity contribution in [3.05, 3.63) is 157 Å². The van der Waals surface area contributed by atoms with Gasteiger partial charge in [-0.25, -0.2) is 16.8 Å². The van der Waals surface area contributed by atoms with Gasteiger partial charge in [-0.05, 0) is 56.9 Å². The van der Waals surface area contributed by atoms with Gasteiger partial charge in [0, 0.05) is 0 Å². The molecule has 0 N–H and O–H groups in total. The summed E-state index contributed by atoms with van der Waals surface area (Å²) >= 11 is 3.61. The highest BCUT2D eigenvalue weighted by Gasteiger charge is 2.59. The Morgan fingerprint density at radius 3 is 1.18 bits per heavy atom. The number of hydrogen-bond acceptors (Lipinski definition) is 4. The predicted octanol–water partition coefficient (Wildman–Crippen LogP) is 7.55. The normalized spacial score (nSPS) is 18.2. The monoisotopic (exact) mass is 680 g/mol. The van der Waals surface area contributed by atoms with Gasteiger partial charge >= 0.3 is 5.81 Å². The maximum absolute atomic E-state index is 14.7. The van der Waals surface area contributed by atoms with Gasteiger partial charge in [-0.15, -0.1) is 15.8 Å². The minimum atomic E-state index is -4.25. The Morgan fingerprint density at radius 2 is 0.795 bits per heavy atom. The molecular formula is C34H26BBrN2O4S2. The largest absolute Gasteiger partial charge is 0.420 e. The van der Waals surface area contributed by atoms with E-state index < -0.39 is 37.9 Å². The van der Waals surface area contributed by atoms with Gasteiger partial charge in [-0.1, -0.05) is 121 Å². The molecule has 0 aliphatic carbocycles. The van der Waals surface area contributed by atoms with E-state index >= 15 is 0 Å². The van der Waals surface area contributed by atoms with E-state index in [0.29, 0.717) is 11.1 Å². The van der Waals surface area contributed by atoms with Crippen molar-refractivity contribution in [1.82, 2.24) is 8.43 Å². The van der Waals surface area contributed by atoms with E-state index in [-0.39, 0.29) is 9.79 Å². The van der Waals surface area contributed by atoms with E-state index in [0.717, 1.165) is 21.5 Å². The Bertz CT molecular complexity index is 2060. The van der Waals surface area contributed by atoms with Gasteiger partial charge < -0.3 is 0 Å². The minimum Gasteiger partial charge on any atom is -0.208 e. The molecule has 6 nitrogen and oxygen atoms in total. The Morgan fingerprint density at radius 1 is 0.455 bits per heavy atom. The van der Waals surface area contributed by atoms with E-state index in [1.165, 1.54) is 8.43 Å². The van der Waals surface area contributed by atoms with Crippen LogP contribution in [0.25, 0.3) is 21.5 Å². The van der Waals surface area contributed by atoms with Crippen LogP contribution in [0.4, 0.5) is 0 Å². The molecule has 1 aliphatic rings. The zero-order valence-electron chi connectivity index (χ0n) is 23.3. The highest BCUT2D eigenvalue weighted by Crippen LogP contribution is 2.52. The lowest BCUT2D eigenvalue weighted by Crippen LogP contribution is -2.45. The van der Waals surface area contributed by atoms with Crippen molar-refractivity contribution >= 4 is 63.2 Å². The molecule has 0 unspecified atom stereocenters. The summed E-state index contributed by atoms with van der Waals surface area (Å²) in [4.78, 5) is 0.164. The molecule has 218 valence electrons. The number of benzene rings is 6. The van der Waals surface area contributed by atoms with Crippen molar-refractivity contribution in [3.8, 4) is 0 Å². The van der Waals surface area contributed by atoms with Gasteiger partial charge in [0.25, 0.3) is 0 Å². The van der Waals surface area contributed by atoms with Gasteiger partial charge in [0.05, 0.1) is 21.9 Å². The first-order valence-electron chi connectivity index (χ1n) is 14.1. The first-order chi connectivity index (χ1) is 21.3. The third-order valence-electron chi connectivity index (χ3n) is 8.14. The van der Waals surface area contributed by atoms with Crippen LogP contribution < -0.4 is 0 Å². The number of rotatable bonds is 6. The summed E-state index contributed by atoms with van der Waals surface area (Å²) in [5.41, 5.74) is 1.35. The lowest BCUT2D eigenvalue weighted by Gasteiger charge is -2.30. The molecule has 6 aromatic rings. The van der Waals surface area contributed by atoms with Crippen LogP contribution in [0.2, 0.25) is 0 Å². The molecule has 2 atom stereocenters. The second-order valence-corrected chi connectivity index (χ2v) is 15.2. The molecule has 6 aromatic carbocycles. The topological polar surface area (TPSA) is 74.8 Å². The molecular weight excluding hydrogens is 655 g/mol. The van der Waals surface area contributed by atoms with E-state index in [1.54, 1.807) is 36.4 Å². The molecule has 7 rings (SSSR count). The van der Waals surface area contributed by atoms with E-state index in [1.807, 2.05) is 109 Å². The van der Waals surface area contributed by atoms with E-state index in [2.05, 4.69) is 15.8 Å². The Kier molecular flexibility index (Phi) is 7.42. The Labute approximate surface area is 265 Å². The zero-order valence-corrected chi connectivity index (χ0v) is 26.5. The molecule has 1 fully saturated rings. The highest BCUT2D eigenvalue weighted by atomic mass is 79.9. The summed E-state index contributed by atoms with van der Waals surface area (Å²) in [5.74, 6) is -1.23. The maximum Gasteiger partial charge on any atom is 0.420 e. The van der Waals surface area contributed by atoms with Crippen molar-refractivity contribution < 1.29 is 16.8 Å². The molecule has 0 aromatic heterocycles. The Balaban J connectivity index is 1.46. The summed E-state index contributed by atoms with van der Waals surface area (Å²) in [6, 6.07) is 41.7. The second kappa shape index (κ2) is 11.3. The van der Waals surface area contributed by atoms with Crippen LogP contribution in [0.15, 0.2) is 155 Å². The predicted molar refractivity (Wildman–Crippen MR) is 179 cm³/mol. The number of fused-ring (bicyclic) bond motifs is 2. The molecule has 1 heterocycles. The van der Waals surface area contributed by atoms with E-state index in [9.17, 15) is 16.8 Å². The third kappa shape index (κ3) is 4.87. The third-order valence-corrected chi connectivity index (χ3v) is 13.2. The van der Waals surface area contributed by atoms with Crippen LogP contribution in [0.3, 0.4) is 0 Å². The molecule has 1 aliphatic heterocycles. The highest BCUT2D eigenvalue weighted by molar-refractivity contribution is 9.24. The van der Waals surface area contributed by atoms with E-state index in [4.69, 9.17) is 0 Å². The van der Waals surface area contributed by atoms with Gasteiger partial charge in [-0.2, -0.15) is 8.43 Å². The van der Waals surface area contributed by atoms with Gasteiger partial charge in [-0.3, -0.25) is 0 Å². The Hall–Kier alpha value is -3.80. The SMILES string of the molecule is O=S(=O)(c1ccc2ccccc2c1)N1B(Br)N(S(=O)(=O)c2ccc3ccccc3c2)[C@H](c2ccccc2)[C@H]1c1ccccc1. The summed E-state index contributed by atoms with van der Waals surface area (Å²) in [6.07, 6.45) is 0. The molecule has 0 saturated carbocycles. The molecule has 0 amide bonds. The number of halogens is 1. The summed E-state index contributed by atoms with van der Waals surface area (Å²) < 4.78 is 61.4. The number of nitrogens with zero attached hydrogens (tertiary/aromatic N) is 2. The molecule has 44 heavy (non-hydrogen) atoms. The van der Waals surface area contributed by atoms with Crippen LogP contribution in [-0.2, 0) is 20.0 Å². The molecule has 0 bridgehead atoms. The molecule has 0 spiro atoms. The number of hydrogen-bond donors (Lipinski definition) is 0. The molecule has 10 heteroatoms. The number of sulfonamides is 2. The second-order valence-electron chi connectivity index (χ2n) is 10.7. The van der Waals surface area contributed by atoms with Gasteiger partial charge in [0.15, 0.2) is 0 Å². The van der Waals surface area contributed by atoms with Crippen molar-refractivity contribution in [2.45, 2.75) is 21.9 Å². The van der Waals surface area contributed by atoms with Crippen molar-refractivity contribution in [2.24, 2.45) is 0 Å². The summed E-state index contributed by atoms with van der Waals surface area (Å²) in [7, 11) is -8.49. The smallest absolute Gasteiger partial charge is 0.208 e. The van der Waals surface area contributed by atoms with Crippen LogP contribution in [0.1, 0.15) is 23.2 Å². The van der Waals surface area contributed by atoms with Crippen LogP contribution in [0.5, 0.6) is 0 Å². The fourth-order valence-electron chi connectivity index (χ4n) is 6.04. The minimum absolute atomic E-state index is 0.0818. The van der Waals surface area contributed by atoms with Crippen LogP contribution in [0, 0.1) is 0 Å². The lowest BCUT2D eigenvalue weighted by molar-refractivity contribution is 0.377. The lowest BCUT2D eigenvalue weighted by atomic mass is 9.95. The van der Waals surface area contributed by atoms with Crippen molar-refractivity contribution in [3.63, 3.8) is 0 Å². The molecule has 0 radical (unpaired) electrons. The summed E-state index contributed by atoms with van der Waals surface area (Å²) in [5, 5.41) is 3.36. The maximum atomic E-state index is 14.7. The standard InChI is InChI=1S/C34H26BBrN2O4S2/c36-35-37(43(39,40)31-21-19-25-11-7-9-17-29(25)23-31)33(27-13-3-1-4-14-27)34(28-15-5-2-6-16-28)38(35)44(41,42)32-22-20-26-12-8-10-18-30(26)24-32/h1-24,33-34H/t33-,34-/m1/s1. The quantitative estimate of drug-likeness (QED) is 0.170. The first kappa shape index (κ1) is 28.9. The van der Waals surface area contributed by atoms with Crippen molar-refractivity contribution in [2.75, 3.05) is 0 Å². The van der Waals surface area contributed by atoms with Gasteiger partial charge in [0.1, 0.15) is 0 Å². The fourth-order valence-corrected chi connectivity index (χ4v) is 11.2. The summed E-state index contributed by atoms with van der Waals surface area (Å²) in [6.45, 7) is 0.